The summed E-state index contributed by atoms with van der Waals surface area (Å²) >= 11 is 0. The molecule has 1 aromatic heterocycles. The summed E-state index contributed by atoms with van der Waals surface area (Å²) < 4.78 is 10.3. The van der Waals surface area contributed by atoms with Crippen LogP contribution in [0.5, 0.6) is 5.88 Å². The van der Waals surface area contributed by atoms with E-state index in [1.54, 1.807) is 13.0 Å². The first-order valence-corrected chi connectivity index (χ1v) is 8.88. The number of nitrogens with zero attached hydrogens (tertiary/aromatic N) is 1. The molecule has 4 aliphatic rings. The van der Waals surface area contributed by atoms with E-state index in [0.717, 1.165) is 17.8 Å². The van der Waals surface area contributed by atoms with Crippen LogP contribution in [0.4, 0.5) is 0 Å². The van der Waals surface area contributed by atoms with Crippen molar-refractivity contribution in [1.82, 2.24) is 10.5 Å². The van der Waals surface area contributed by atoms with Crippen LogP contribution >= 0.6 is 0 Å². The molecule has 4 saturated carbocycles. The van der Waals surface area contributed by atoms with Crippen molar-refractivity contribution < 1.29 is 14.1 Å². The summed E-state index contributed by atoms with van der Waals surface area (Å²) in [4.78, 5) is 12.2. The molecule has 0 radical (unpaired) electrons. The van der Waals surface area contributed by atoms with Gasteiger partial charge in [0, 0.05) is 12.1 Å². The highest BCUT2D eigenvalue weighted by Gasteiger charge is 2.53. The standard InChI is InChI=1S/C18H26N2O3/c1-11-3-17(20-23-11)22-10-16(21)19-12(2)18-7-13-4-14(8-18)6-15(5-13)9-18/h3,12-15H,4-10H2,1-2H3,(H,19,21)/t12-,13?,14?,15?,18?/m0/s1. The molecule has 5 heteroatoms. The maximum atomic E-state index is 12.2. The van der Waals surface area contributed by atoms with E-state index in [2.05, 4.69) is 17.4 Å². The second-order valence-electron chi connectivity index (χ2n) is 8.13. The largest absolute Gasteiger partial charge is 0.465 e. The molecule has 1 heterocycles. The Morgan fingerprint density at radius 3 is 2.48 bits per heavy atom. The molecule has 0 unspecified atom stereocenters. The average Bonchev–Trinajstić information content (AvgIpc) is 2.89. The number of hydrogen-bond acceptors (Lipinski definition) is 4. The van der Waals surface area contributed by atoms with Crippen molar-refractivity contribution >= 4 is 5.91 Å². The quantitative estimate of drug-likeness (QED) is 0.906. The van der Waals surface area contributed by atoms with Crippen molar-refractivity contribution in [2.75, 3.05) is 6.61 Å². The highest BCUT2D eigenvalue weighted by Crippen LogP contribution is 2.61. The Bertz CT molecular complexity index is 560. The van der Waals surface area contributed by atoms with Crippen LogP contribution in [0.25, 0.3) is 0 Å². The van der Waals surface area contributed by atoms with Gasteiger partial charge in [0.15, 0.2) is 6.61 Å². The second-order valence-corrected chi connectivity index (χ2v) is 8.13. The van der Waals surface area contributed by atoms with Gasteiger partial charge in [-0.1, -0.05) is 0 Å². The Morgan fingerprint density at radius 1 is 1.35 bits per heavy atom. The molecule has 4 aliphatic carbocycles. The van der Waals surface area contributed by atoms with Crippen molar-refractivity contribution in [2.24, 2.45) is 23.2 Å². The van der Waals surface area contributed by atoms with Crippen molar-refractivity contribution in [3.63, 3.8) is 0 Å². The SMILES string of the molecule is Cc1cc(OCC(=O)N[C@@H](C)C23CC4CC(CC(C4)C2)C3)no1. The van der Waals surface area contributed by atoms with E-state index in [9.17, 15) is 4.79 Å². The van der Waals surface area contributed by atoms with E-state index in [4.69, 9.17) is 9.26 Å². The number of carbonyl (C=O) groups is 1. The number of aromatic nitrogens is 1. The van der Waals surface area contributed by atoms with Crippen molar-refractivity contribution in [3.05, 3.63) is 11.8 Å². The minimum Gasteiger partial charge on any atom is -0.465 e. The van der Waals surface area contributed by atoms with Gasteiger partial charge in [-0.2, -0.15) is 0 Å². The van der Waals surface area contributed by atoms with Gasteiger partial charge < -0.3 is 14.6 Å². The highest BCUT2D eigenvalue weighted by atomic mass is 16.5. The van der Waals surface area contributed by atoms with Crippen molar-refractivity contribution in [2.45, 2.75) is 58.4 Å². The number of carbonyl (C=O) groups excluding carboxylic acids is 1. The van der Waals surface area contributed by atoms with E-state index < -0.39 is 0 Å². The van der Waals surface area contributed by atoms with E-state index in [1.807, 2.05) is 0 Å². The van der Waals surface area contributed by atoms with Crippen molar-refractivity contribution in [3.8, 4) is 5.88 Å². The molecule has 5 nitrogen and oxygen atoms in total. The predicted octanol–water partition coefficient (Wildman–Crippen LogP) is 3.08. The number of aryl methyl sites for hydroxylation is 1. The fourth-order valence-corrected chi connectivity index (χ4v) is 5.70. The van der Waals surface area contributed by atoms with E-state index in [0.29, 0.717) is 17.1 Å². The minimum atomic E-state index is -0.0612. The summed E-state index contributed by atoms with van der Waals surface area (Å²) in [5, 5.41) is 6.94. The molecule has 1 amide bonds. The lowest BCUT2D eigenvalue weighted by atomic mass is 9.48. The number of ether oxygens (including phenoxy) is 1. The lowest BCUT2D eigenvalue weighted by molar-refractivity contribution is -0.127. The fourth-order valence-electron chi connectivity index (χ4n) is 5.70. The molecule has 1 N–H and O–H groups in total. The topological polar surface area (TPSA) is 64.4 Å². The molecule has 0 aromatic carbocycles. The van der Waals surface area contributed by atoms with Crippen LogP contribution < -0.4 is 10.1 Å². The number of rotatable bonds is 5. The lowest BCUT2D eigenvalue weighted by Gasteiger charge is -2.59. The Kier molecular flexibility index (Phi) is 3.62. The summed E-state index contributed by atoms with van der Waals surface area (Å²) in [6.07, 6.45) is 8.16. The maximum absolute atomic E-state index is 12.2. The molecular formula is C18H26N2O3. The third-order valence-corrected chi connectivity index (χ3v) is 6.34. The molecular weight excluding hydrogens is 292 g/mol. The van der Waals surface area contributed by atoms with Crippen molar-refractivity contribution in [1.29, 1.82) is 0 Å². The molecule has 23 heavy (non-hydrogen) atoms. The molecule has 0 spiro atoms. The first kappa shape index (κ1) is 15.0. The van der Waals surface area contributed by atoms with Crippen LogP contribution in [0.3, 0.4) is 0 Å². The summed E-state index contributed by atoms with van der Waals surface area (Å²) in [5.74, 6) is 3.69. The van der Waals surface area contributed by atoms with Crippen LogP contribution in [0.1, 0.15) is 51.2 Å². The zero-order valence-corrected chi connectivity index (χ0v) is 14.0. The molecule has 4 bridgehead atoms. The zero-order valence-electron chi connectivity index (χ0n) is 14.0. The van der Waals surface area contributed by atoms with Gasteiger partial charge in [-0.05, 0) is 80.7 Å². The van der Waals surface area contributed by atoms with E-state index in [-0.39, 0.29) is 18.6 Å². The first-order valence-electron chi connectivity index (χ1n) is 8.88. The summed E-state index contributed by atoms with van der Waals surface area (Å²) in [6, 6.07) is 1.92. The molecule has 5 rings (SSSR count). The molecule has 0 aliphatic heterocycles. The summed E-state index contributed by atoms with van der Waals surface area (Å²) in [5.41, 5.74) is 0.328. The van der Waals surface area contributed by atoms with E-state index in [1.165, 1.54) is 38.5 Å². The second kappa shape index (κ2) is 5.53. The van der Waals surface area contributed by atoms with Gasteiger partial charge in [-0.15, -0.1) is 0 Å². The fraction of sp³-hybridized carbons (Fsp3) is 0.778. The predicted molar refractivity (Wildman–Crippen MR) is 84.9 cm³/mol. The minimum absolute atomic E-state index is 0.00266. The zero-order chi connectivity index (χ0) is 16.0. The van der Waals surface area contributed by atoms with Gasteiger partial charge in [0.05, 0.1) is 0 Å². The number of amides is 1. The molecule has 0 saturated heterocycles. The Hall–Kier alpha value is -1.52. The van der Waals surface area contributed by atoms with Gasteiger partial charge in [0.2, 0.25) is 0 Å². The smallest absolute Gasteiger partial charge is 0.258 e. The molecule has 1 atom stereocenters. The monoisotopic (exact) mass is 318 g/mol. The van der Waals surface area contributed by atoms with Crippen LogP contribution in [-0.2, 0) is 4.79 Å². The molecule has 1 aromatic rings. The van der Waals surface area contributed by atoms with Gasteiger partial charge in [-0.3, -0.25) is 4.79 Å². The van der Waals surface area contributed by atoms with Crippen LogP contribution in [0.2, 0.25) is 0 Å². The summed E-state index contributed by atoms with van der Waals surface area (Å²) in [6.45, 7) is 3.99. The van der Waals surface area contributed by atoms with Crippen LogP contribution in [0, 0.1) is 30.1 Å². The highest BCUT2D eigenvalue weighted by molar-refractivity contribution is 5.77. The van der Waals surface area contributed by atoms with Gasteiger partial charge in [0.25, 0.3) is 11.8 Å². The number of nitrogens with one attached hydrogen (secondary N) is 1. The Balaban J connectivity index is 1.34. The normalized spacial score (nSPS) is 36.0. The number of hydrogen-bond donors (Lipinski definition) is 1. The molecule has 126 valence electrons. The van der Waals surface area contributed by atoms with Gasteiger partial charge >= 0.3 is 0 Å². The van der Waals surface area contributed by atoms with Crippen LogP contribution in [-0.4, -0.2) is 23.7 Å². The third-order valence-electron chi connectivity index (χ3n) is 6.34. The lowest BCUT2D eigenvalue weighted by Crippen LogP contribution is -2.56. The molecule has 4 fully saturated rings. The summed E-state index contributed by atoms with van der Waals surface area (Å²) in [7, 11) is 0. The van der Waals surface area contributed by atoms with Crippen LogP contribution in [0.15, 0.2) is 10.6 Å². The average molecular weight is 318 g/mol. The Morgan fingerprint density at radius 2 is 1.96 bits per heavy atom. The van der Waals surface area contributed by atoms with Gasteiger partial charge in [0.1, 0.15) is 5.76 Å². The van der Waals surface area contributed by atoms with E-state index >= 15 is 0 Å². The van der Waals surface area contributed by atoms with Gasteiger partial charge in [-0.25, -0.2) is 0 Å². The maximum Gasteiger partial charge on any atom is 0.258 e. The third kappa shape index (κ3) is 2.86. The Labute approximate surface area is 137 Å². The first-order chi connectivity index (χ1) is 11.0.